The summed E-state index contributed by atoms with van der Waals surface area (Å²) in [5, 5.41) is 8.87. The molecule has 0 bridgehead atoms. The molecule has 6 nitrogen and oxygen atoms in total. The SMILES string of the molecule is O=C(O)c1ccc(S(=O)(=O)Nc2ccc(Oc3ccccc3C(F)(F)F)cc2)cc1. The van der Waals surface area contributed by atoms with Crippen molar-refractivity contribution in [1.29, 1.82) is 0 Å². The van der Waals surface area contributed by atoms with E-state index in [1.165, 1.54) is 42.5 Å². The molecule has 0 radical (unpaired) electrons. The Labute approximate surface area is 169 Å². The number of ether oxygens (including phenoxy) is 1. The standard InChI is InChI=1S/C20H14F3NO5S/c21-20(22,23)17-3-1-2-4-18(17)29-15-9-7-14(8-10-15)24-30(27,28)16-11-5-13(6-12-16)19(25)26/h1-12,24H,(H,25,26). The first-order chi connectivity index (χ1) is 14.1. The maximum atomic E-state index is 13.0. The van der Waals surface area contributed by atoms with Crippen molar-refractivity contribution < 1.29 is 36.2 Å². The lowest BCUT2D eigenvalue weighted by atomic mass is 10.2. The summed E-state index contributed by atoms with van der Waals surface area (Å²) in [4.78, 5) is 10.7. The summed E-state index contributed by atoms with van der Waals surface area (Å²) in [5.41, 5.74) is -0.844. The number of aromatic carboxylic acids is 1. The molecule has 0 aromatic heterocycles. The third-order valence-corrected chi connectivity index (χ3v) is 5.34. The van der Waals surface area contributed by atoms with Crippen molar-refractivity contribution in [3.05, 3.63) is 83.9 Å². The molecule has 156 valence electrons. The van der Waals surface area contributed by atoms with E-state index in [4.69, 9.17) is 9.84 Å². The lowest BCUT2D eigenvalue weighted by Gasteiger charge is -2.14. The first-order valence-corrected chi connectivity index (χ1v) is 9.85. The predicted molar refractivity (Wildman–Crippen MR) is 102 cm³/mol. The van der Waals surface area contributed by atoms with Crippen LogP contribution in [0, 0.1) is 0 Å². The molecule has 0 amide bonds. The molecule has 3 aromatic carbocycles. The van der Waals surface area contributed by atoms with Gasteiger partial charge in [-0.2, -0.15) is 13.2 Å². The molecule has 0 saturated carbocycles. The number of hydrogen-bond donors (Lipinski definition) is 2. The first-order valence-electron chi connectivity index (χ1n) is 8.36. The van der Waals surface area contributed by atoms with Crippen molar-refractivity contribution in [1.82, 2.24) is 0 Å². The van der Waals surface area contributed by atoms with Crippen LogP contribution in [0.15, 0.2) is 77.7 Å². The van der Waals surface area contributed by atoms with E-state index < -0.39 is 27.7 Å². The summed E-state index contributed by atoms with van der Waals surface area (Å²) in [5.74, 6) is -1.48. The molecule has 0 unspecified atom stereocenters. The van der Waals surface area contributed by atoms with Crippen molar-refractivity contribution in [2.75, 3.05) is 4.72 Å². The van der Waals surface area contributed by atoms with E-state index in [0.717, 1.165) is 30.3 Å². The predicted octanol–water partition coefficient (Wildman–Crippen LogP) is 5.00. The highest BCUT2D eigenvalue weighted by Gasteiger charge is 2.34. The molecule has 0 aliphatic carbocycles. The third-order valence-electron chi connectivity index (χ3n) is 3.94. The van der Waals surface area contributed by atoms with E-state index in [0.29, 0.717) is 0 Å². The lowest BCUT2D eigenvalue weighted by molar-refractivity contribution is -0.138. The lowest BCUT2D eigenvalue weighted by Crippen LogP contribution is -2.13. The number of hydrogen-bond acceptors (Lipinski definition) is 4. The van der Waals surface area contributed by atoms with Gasteiger partial charge in [0.1, 0.15) is 11.5 Å². The highest BCUT2D eigenvalue weighted by Crippen LogP contribution is 2.38. The van der Waals surface area contributed by atoms with Crippen LogP contribution in [0.1, 0.15) is 15.9 Å². The monoisotopic (exact) mass is 437 g/mol. The van der Waals surface area contributed by atoms with Crippen LogP contribution < -0.4 is 9.46 Å². The van der Waals surface area contributed by atoms with Crippen molar-refractivity contribution in [3.8, 4) is 11.5 Å². The highest BCUT2D eigenvalue weighted by atomic mass is 32.2. The minimum Gasteiger partial charge on any atom is -0.478 e. The zero-order chi connectivity index (χ0) is 21.9. The minimum absolute atomic E-state index is 0.0606. The number of carbonyl (C=O) groups is 1. The summed E-state index contributed by atoms with van der Waals surface area (Å²) in [6.07, 6.45) is -4.58. The summed E-state index contributed by atoms with van der Waals surface area (Å²) >= 11 is 0. The van der Waals surface area contributed by atoms with Crippen LogP contribution in [0.2, 0.25) is 0 Å². The second kappa shape index (κ2) is 8.07. The van der Waals surface area contributed by atoms with Gasteiger partial charge in [-0.05, 0) is 60.7 Å². The molecule has 0 aliphatic heterocycles. The number of sulfonamides is 1. The molecule has 30 heavy (non-hydrogen) atoms. The molecule has 3 aromatic rings. The highest BCUT2D eigenvalue weighted by molar-refractivity contribution is 7.92. The Morgan fingerprint density at radius 2 is 1.50 bits per heavy atom. The average Bonchev–Trinajstić information content (AvgIpc) is 2.69. The number of rotatable bonds is 6. The second-order valence-electron chi connectivity index (χ2n) is 6.06. The fourth-order valence-corrected chi connectivity index (χ4v) is 3.56. The zero-order valence-electron chi connectivity index (χ0n) is 15.1. The van der Waals surface area contributed by atoms with Crippen LogP contribution in [-0.2, 0) is 16.2 Å². The molecule has 0 spiro atoms. The molecule has 0 heterocycles. The van der Waals surface area contributed by atoms with Crippen LogP contribution in [0.25, 0.3) is 0 Å². The maximum Gasteiger partial charge on any atom is 0.419 e. The minimum atomic E-state index is -4.58. The summed E-state index contributed by atoms with van der Waals surface area (Å²) < 4.78 is 71.5. The summed E-state index contributed by atoms with van der Waals surface area (Å²) in [6.45, 7) is 0. The molecular formula is C20H14F3NO5S. The average molecular weight is 437 g/mol. The molecule has 10 heteroatoms. The molecule has 0 aliphatic rings. The maximum absolute atomic E-state index is 13.0. The zero-order valence-corrected chi connectivity index (χ0v) is 15.9. The smallest absolute Gasteiger partial charge is 0.419 e. The Morgan fingerprint density at radius 3 is 2.07 bits per heavy atom. The van der Waals surface area contributed by atoms with Crippen molar-refractivity contribution >= 4 is 21.7 Å². The Balaban J connectivity index is 1.76. The molecule has 0 fully saturated rings. The van der Waals surface area contributed by atoms with Gasteiger partial charge in [0.25, 0.3) is 10.0 Å². The summed E-state index contributed by atoms with van der Waals surface area (Å²) in [6, 6.07) is 14.6. The van der Waals surface area contributed by atoms with Gasteiger partial charge in [-0.1, -0.05) is 12.1 Å². The van der Waals surface area contributed by atoms with E-state index in [9.17, 15) is 26.4 Å². The molecule has 0 saturated heterocycles. The number of carboxylic acids is 1. The number of carboxylic acid groups (broad SMARTS) is 1. The Hall–Kier alpha value is -3.53. The Bertz CT molecular complexity index is 1160. The summed E-state index contributed by atoms with van der Waals surface area (Å²) in [7, 11) is -3.99. The Kier molecular flexibility index (Phi) is 5.70. The molecule has 0 atom stereocenters. The topological polar surface area (TPSA) is 92.7 Å². The van der Waals surface area contributed by atoms with Gasteiger partial charge in [0.05, 0.1) is 16.0 Å². The van der Waals surface area contributed by atoms with Gasteiger partial charge < -0.3 is 9.84 Å². The third kappa shape index (κ3) is 4.90. The fraction of sp³-hybridized carbons (Fsp3) is 0.0500. The fourth-order valence-electron chi connectivity index (χ4n) is 2.50. The number of alkyl halides is 3. The number of para-hydroxylation sites is 1. The second-order valence-corrected chi connectivity index (χ2v) is 7.74. The van der Waals surface area contributed by atoms with Gasteiger partial charge in [-0.3, -0.25) is 4.72 Å². The van der Waals surface area contributed by atoms with Crippen LogP contribution >= 0.6 is 0 Å². The number of anilines is 1. The van der Waals surface area contributed by atoms with E-state index in [1.807, 2.05) is 0 Å². The van der Waals surface area contributed by atoms with E-state index in [1.54, 1.807) is 0 Å². The van der Waals surface area contributed by atoms with Crippen LogP contribution in [0.4, 0.5) is 18.9 Å². The Morgan fingerprint density at radius 1 is 0.900 bits per heavy atom. The van der Waals surface area contributed by atoms with Crippen LogP contribution in [-0.4, -0.2) is 19.5 Å². The first kappa shape index (κ1) is 21.2. The van der Waals surface area contributed by atoms with E-state index in [2.05, 4.69) is 4.72 Å². The van der Waals surface area contributed by atoms with Gasteiger partial charge in [0.15, 0.2) is 0 Å². The van der Waals surface area contributed by atoms with Gasteiger partial charge in [-0.25, -0.2) is 13.2 Å². The number of nitrogens with one attached hydrogen (secondary N) is 1. The van der Waals surface area contributed by atoms with Crippen molar-refractivity contribution in [3.63, 3.8) is 0 Å². The molecule has 3 rings (SSSR count). The number of benzene rings is 3. The van der Waals surface area contributed by atoms with Crippen molar-refractivity contribution in [2.45, 2.75) is 11.1 Å². The van der Waals surface area contributed by atoms with Gasteiger partial charge in [0, 0.05) is 5.69 Å². The molecule has 2 N–H and O–H groups in total. The van der Waals surface area contributed by atoms with Gasteiger partial charge >= 0.3 is 12.1 Å². The van der Waals surface area contributed by atoms with Gasteiger partial charge in [-0.15, -0.1) is 0 Å². The van der Waals surface area contributed by atoms with Crippen molar-refractivity contribution in [2.24, 2.45) is 0 Å². The van der Waals surface area contributed by atoms with Gasteiger partial charge in [0.2, 0.25) is 0 Å². The normalized spacial score (nSPS) is 11.7. The quantitative estimate of drug-likeness (QED) is 0.566. The van der Waals surface area contributed by atoms with E-state index >= 15 is 0 Å². The molecular weight excluding hydrogens is 423 g/mol. The van der Waals surface area contributed by atoms with E-state index in [-0.39, 0.29) is 27.6 Å². The van der Waals surface area contributed by atoms with Crippen LogP contribution in [0.3, 0.4) is 0 Å². The van der Waals surface area contributed by atoms with Crippen LogP contribution in [0.5, 0.6) is 11.5 Å². The largest absolute Gasteiger partial charge is 0.478 e. The number of halogens is 3.